The lowest BCUT2D eigenvalue weighted by Crippen LogP contribution is -2.32. The van der Waals surface area contributed by atoms with Gasteiger partial charge >= 0.3 is 6.09 Å². The Morgan fingerprint density at radius 3 is 2.48 bits per heavy atom. The topological polar surface area (TPSA) is 58.6 Å². The van der Waals surface area contributed by atoms with E-state index in [1.54, 1.807) is 4.90 Å². The van der Waals surface area contributed by atoms with E-state index in [-0.39, 0.29) is 12.5 Å². The maximum Gasteiger partial charge on any atom is 0.407 e. The number of aryl methyl sites for hydroxylation is 2. The molecule has 2 rings (SSSR count). The number of nitrogens with zero attached hydrogens (tertiary/aromatic N) is 1. The third kappa shape index (κ3) is 6.44. The van der Waals surface area contributed by atoms with Gasteiger partial charge in [-0.3, -0.25) is 4.79 Å². The summed E-state index contributed by atoms with van der Waals surface area (Å²) in [5, 5.41) is 2.69. The van der Waals surface area contributed by atoms with Gasteiger partial charge in [0.05, 0.1) is 0 Å². The highest BCUT2D eigenvalue weighted by atomic mass is 16.5. The number of alkyl carbamates (subject to hydrolysis) is 1. The molecule has 0 aliphatic rings. The number of hydrogen-bond donors (Lipinski definition) is 1. The van der Waals surface area contributed by atoms with Crippen LogP contribution >= 0.6 is 0 Å². The van der Waals surface area contributed by atoms with Crippen LogP contribution in [0.1, 0.15) is 36.5 Å². The largest absolute Gasteiger partial charge is 0.445 e. The number of anilines is 1. The van der Waals surface area contributed by atoms with Gasteiger partial charge in [-0.15, -0.1) is 0 Å². The van der Waals surface area contributed by atoms with Crippen LogP contribution in [0.4, 0.5) is 10.5 Å². The molecule has 0 radical (unpaired) electrons. The smallest absolute Gasteiger partial charge is 0.407 e. The van der Waals surface area contributed by atoms with Gasteiger partial charge in [0.25, 0.3) is 0 Å². The quantitative estimate of drug-likeness (QED) is 0.704. The third-order valence-corrected chi connectivity index (χ3v) is 4.31. The van der Waals surface area contributed by atoms with Crippen LogP contribution in [-0.4, -0.2) is 25.1 Å². The Kier molecular flexibility index (Phi) is 7.86. The summed E-state index contributed by atoms with van der Waals surface area (Å²) in [4.78, 5) is 26.1. The van der Waals surface area contributed by atoms with Crippen molar-refractivity contribution in [1.29, 1.82) is 0 Å². The van der Waals surface area contributed by atoms with E-state index in [0.717, 1.165) is 16.8 Å². The van der Waals surface area contributed by atoms with Crippen LogP contribution in [0.15, 0.2) is 48.5 Å². The average Bonchev–Trinajstić information content (AvgIpc) is 2.66. The predicted molar refractivity (Wildman–Crippen MR) is 108 cm³/mol. The van der Waals surface area contributed by atoms with E-state index in [0.29, 0.717) is 25.9 Å². The lowest BCUT2D eigenvalue weighted by molar-refractivity contribution is -0.118. The zero-order valence-electron chi connectivity index (χ0n) is 16.3. The minimum Gasteiger partial charge on any atom is -0.445 e. The SMILES string of the molecule is CCN(C(=O)CCCNC(=O)OCc1ccccc1)c1ccc(C)cc1C. The van der Waals surface area contributed by atoms with E-state index < -0.39 is 6.09 Å². The van der Waals surface area contributed by atoms with Crippen molar-refractivity contribution < 1.29 is 14.3 Å². The molecule has 2 amide bonds. The molecule has 27 heavy (non-hydrogen) atoms. The number of carbonyl (C=O) groups excluding carboxylic acids is 2. The summed E-state index contributed by atoms with van der Waals surface area (Å²) in [6.07, 6.45) is 0.480. The summed E-state index contributed by atoms with van der Waals surface area (Å²) >= 11 is 0. The number of amides is 2. The molecule has 0 bridgehead atoms. The van der Waals surface area contributed by atoms with E-state index in [1.807, 2.05) is 63.2 Å². The van der Waals surface area contributed by atoms with Crippen LogP contribution in [0.3, 0.4) is 0 Å². The Morgan fingerprint density at radius 2 is 1.81 bits per heavy atom. The fourth-order valence-corrected chi connectivity index (χ4v) is 2.93. The fraction of sp³-hybridized carbons (Fsp3) is 0.364. The minimum atomic E-state index is -0.465. The van der Waals surface area contributed by atoms with Gasteiger partial charge in [0.1, 0.15) is 6.61 Å². The highest BCUT2D eigenvalue weighted by molar-refractivity contribution is 5.94. The summed E-state index contributed by atoms with van der Waals surface area (Å²) in [6, 6.07) is 15.6. The van der Waals surface area contributed by atoms with Gasteiger partial charge in [-0.2, -0.15) is 0 Å². The first-order valence-electron chi connectivity index (χ1n) is 9.33. The number of nitrogens with one attached hydrogen (secondary N) is 1. The third-order valence-electron chi connectivity index (χ3n) is 4.31. The van der Waals surface area contributed by atoms with Gasteiger partial charge in [0, 0.05) is 25.2 Å². The molecule has 5 heteroatoms. The summed E-state index contributed by atoms with van der Waals surface area (Å²) in [5.74, 6) is 0.0592. The summed E-state index contributed by atoms with van der Waals surface area (Å²) in [7, 11) is 0. The van der Waals surface area contributed by atoms with Crippen molar-refractivity contribution in [2.45, 2.75) is 40.2 Å². The van der Waals surface area contributed by atoms with Crippen LogP contribution in [-0.2, 0) is 16.1 Å². The highest BCUT2D eigenvalue weighted by Crippen LogP contribution is 2.22. The van der Waals surface area contributed by atoms with Crippen LogP contribution < -0.4 is 10.2 Å². The number of ether oxygens (including phenoxy) is 1. The van der Waals surface area contributed by atoms with Crippen molar-refractivity contribution in [3.05, 3.63) is 65.2 Å². The predicted octanol–water partition coefficient (Wildman–Crippen LogP) is 4.36. The zero-order valence-corrected chi connectivity index (χ0v) is 16.3. The fourth-order valence-electron chi connectivity index (χ4n) is 2.93. The van der Waals surface area contributed by atoms with E-state index in [1.165, 1.54) is 5.56 Å². The second kappa shape index (κ2) is 10.4. The summed E-state index contributed by atoms with van der Waals surface area (Å²) in [6.45, 7) is 7.29. The lowest BCUT2D eigenvalue weighted by atomic mass is 10.1. The first-order valence-corrected chi connectivity index (χ1v) is 9.33. The van der Waals surface area contributed by atoms with Gasteiger partial charge < -0.3 is 15.0 Å². The molecule has 0 aromatic heterocycles. The van der Waals surface area contributed by atoms with Crippen molar-refractivity contribution in [2.24, 2.45) is 0 Å². The van der Waals surface area contributed by atoms with Gasteiger partial charge in [-0.05, 0) is 44.4 Å². The molecule has 0 fully saturated rings. The van der Waals surface area contributed by atoms with Crippen molar-refractivity contribution in [3.8, 4) is 0 Å². The molecule has 0 saturated heterocycles. The molecule has 0 unspecified atom stereocenters. The second-order valence-electron chi connectivity index (χ2n) is 6.52. The molecule has 0 atom stereocenters. The molecule has 2 aromatic rings. The second-order valence-corrected chi connectivity index (χ2v) is 6.52. The normalized spacial score (nSPS) is 10.3. The standard InChI is InChI=1S/C22H28N2O3/c1-4-24(20-13-12-17(2)15-18(20)3)21(25)11-8-14-23-22(26)27-16-19-9-6-5-7-10-19/h5-7,9-10,12-13,15H,4,8,11,14,16H2,1-3H3,(H,23,26). The molecule has 2 aromatic carbocycles. The number of carbonyl (C=O) groups is 2. The van der Waals surface area contributed by atoms with Gasteiger partial charge in [0.2, 0.25) is 5.91 Å². The van der Waals surface area contributed by atoms with Crippen LogP contribution in [0, 0.1) is 13.8 Å². The molecule has 0 heterocycles. The molecular formula is C22H28N2O3. The molecule has 1 N–H and O–H groups in total. The van der Waals surface area contributed by atoms with Crippen LogP contribution in [0.2, 0.25) is 0 Å². The molecule has 0 saturated carbocycles. The molecule has 0 aliphatic carbocycles. The lowest BCUT2D eigenvalue weighted by Gasteiger charge is -2.23. The van der Waals surface area contributed by atoms with Gasteiger partial charge in [0.15, 0.2) is 0 Å². The Balaban J connectivity index is 1.73. The van der Waals surface area contributed by atoms with E-state index in [2.05, 4.69) is 11.4 Å². The van der Waals surface area contributed by atoms with Crippen molar-refractivity contribution in [1.82, 2.24) is 5.32 Å². The Morgan fingerprint density at radius 1 is 1.07 bits per heavy atom. The van der Waals surface area contributed by atoms with E-state index >= 15 is 0 Å². The monoisotopic (exact) mass is 368 g/mol. The molecular weight excluding hydrogens is 340 g/mol. The molecule has 144 valence electrons. The number of benzene rings is 2. The Labute approximate surface area is 161 Å². The molecule has 0 spiro atoms. The van der Waals surface area contributed by atoms with Crippen LogP contribution in [0.5, 0.6) is 0 Å². The summed E-state index contributed by atoms with van der Waals surface area (Å²) < 4.78 is 5.15. The number of rotatable bonds is 8. The minimum absolute atomic E-state index is 0.0592. The summed E-state index contributed by atoms with van der Waals surface area (Å²) in [5.41, 5.74) is 4.16. The van der Waals surface area contributed by atoms with Crippen LogP contribution in [0.25, 0.3) is 0 Å². The first kappa shape index (κ1) is 20.5. The Bertz CT molecular complexity index is 759. The maximum absolute atomic E-state index is 12.5. The van der Waals surface area contributed by atoms with Crippen molar-refractivity contribution in [2.75, 3.05) is 18.0 Å². The molecule has 0 aliphatic heterocycles. The maximum atomic E-state index is 12.5. The first-order chi connectivity index (χ1) is 13.0. The van der Waals surface area contributed by atoms with E-state index in [4.69, 9.17) is 4.74 Å². The zero-order chi connectivity index (χ0) is 19.6. The van der Waals surface area contributed by atoms with Gasteiger partial charge in [-0.25, -0.2) is 4.79 Å². The van der Waals surface area contributed by atoms with Gasteiger partial charge in [-0.1, -0.05) is 48.0 Å². The average molecular weight is 368 g/mol. The molecule has 5 nitrogen and oxygen atoms in total. The Hall–Kier alpha value is -2.82. The van der Waals surface area contributed by atoms with Crippen molar-refractivity contribution in [3.63, 3.8) is 0 Å². The number of hydrogen-bond acceptors (Lipinski definition) is 3. The van der Waals surface area contributed by atoms with E-state index in [9.17, 15) is 9.59 Å². The van der Waals surface area contributed by atoms with Crippen molar-refractivity contribution >= 4 is 17.7 Å². The highest BCUT2D eigenvalue weighted by Gasteiger charge is 2.15.